The Morgan fingerprint density at radius 2 is 2.00 bits per heavy atom. The molecule has 2 rings (SSSR count). The highest BCUT2D eigenvalue weighted by Gasteiger charge is 2.21. The Balaban J connectivity index is 2.09. The maximum atomic E-state index is 12.8. The Kier molecular flexibility index (Phi) is 6.04. The van der Waals surface area contributed by atoms with E-state index in [0.29, 0.717) is 16.9 Å². The second kappa shape index (κ2) is 7.85. The highest BCUT2D eigenvalue weighted by molar-refractivity contribution is 9.10. The first-order valence-electron chi connectivity index (χ1n) is 7.05. The Bertz CT molecular complexity index is 780. The number of nitrogens with zero attached hydrogens (tertiary/aromatic N) is 2. The van der Waals surface area contributed by atoms with E-state index < -0.39 is 24.6 Å². The zero-order valence-electron chi connectivity index (χ0n) is 13.2. The molecule has 1 amide bonds. The summed E-state index contributed by atoms with van der Waals surface area (Å²) in [6.45, 7) is -0.0484. The number of hydrogen-bond donors (Lipinski definition) is 1. The molecular weight excluding hydrogens is 410 g/mol. The average Bonchev–Trinajstić information content (AvgIpc) is 2.78. The van der Waals surface area contributed by atoms with Gasteiger partial charge in [0.25, 0.3) is 6.43 Å². The number of rotatable bonds is 6. The molecule has 1 N–H and O–H groups in total. The average molecular weight is 424 g/mol. The minimum atomic E-state index is -2.94. The summed E-state index contributed by atoms with van der Waals surface area (Å²) in [7, 11) is 0. The van der Waals surface area contributed by atoms with Gasteiger partial charge in [0, 0.05) is 5.69 Å². The third-order valence-electron chi connectivity index (χ3n) is 3.36. The first-order valence-corrected chi connectivity index (χ1v) is 7.84. The van der Waals surface area contributed by atoms with Gasteiger partial charge in [-0.3, -0.25) is 9.48 Å². The van der Waals surface area contributed by atoms with E-state index in [4.69, 9.17) is 0 Å². The lowest BCUT2D eigenvalue weighted by Gasteiger charge is -2.11. The first kappa shape index (κ1) is 19.2. The number of hydrogen-bond acceptors (Lipinski definition) is 3. The van der Waals surface area contributed by atoms with Crippen LogP contribution < -0.4 is 10.1 Å². The van der Waals surface area contributed by atoms with Crippen LogP contribution in [0.3, 0.4) is 0 Å². The van der Waals surface area contributed by atoms with E-state index >= 15 is 0 Å². The minimum Gasteiger partial charge on any atom is -0.435 e. The van der Waals surface area contributed by atoms with E-state index in [2.05, 4.69) is 31.1 Å². The SMILES string of the molecule is Cc1cc(OC(F)F)ccc1NC(=O)Cn1nc(C(F)F)c(Br)c1C. The summed E-state index contributed by atoms with van der Waals surface area (Å²) >= 11 is 3.03. The van der Waals surface area contributed by atoms with Gasteiger partial charge in [-0.2, -0.15) is 13.9 Å². The highest BCUT2D eigenvalue weighted by Crippen LogP contribution is 2.29. The molecule has 2 aromatic rings. The molecule has 0 atom stereocenters. The lowest BCUT2D eigenvalue weighted by molar-refractivity contribution is -0.117. The summed E-state index contributed by atoms with van der Waals surface area (Å²) in [5.41, 5.74) is 0.862. The van der Waals surface area contributed by atoms with Crippen molar-refractivity contribution in [2.75, 3.05) is 5.32 Å². The Morgan fingerprint density at radius 1 is 1.32 bits per heavy atom. The number of benzene rings is 1. The second-order valence-electron chi connectivity index (χ2n) is 5.15. The van der Waals surface area contributed by atoms with Gasteiger partial charge >= 0.3 is 6.61 Å². The minimum absolute atomic E-state index is 0.0288. The first-order chi connectivity index (χ1) is 11.7. The molecule has 10 heteroatoms. The fourth-order valence-corrected chi connectivity index (χ4v) is 2.58. The standard InChI is InChI=1S/C15H14BrF4N3O2/c1-7-5-9(25-15(19)20)3-4-10(7)21-11(24)6-23-8(2)12(16)13(22-23)14(17)18/h3-5,14-15H,6H2,1-2H3,(H,21,24). The van der Waals surface area contributed by atoms with Crippen molar-refractivity contribution in [2.45, 2.75) is 33.4 Å². The maximum absolute atomic E-state index is 12.8. The number of aryl methyl sites for hydroxylation is 1. The molecule has 0 aliphatic rings. The second-order valence-corrected chi connectivity index (χ2v) is 5.94. The normalized spacial score (nSPS) is 11.2. The summed E-state index contributed by atoms with van der Waals surface area (Å²) < 4.78 is 55.6. The largest absolute Gasteiger partial charge is 0.435 e. The van der Waals surface area contributed by atoms with Gasteiger partial charge in [-0.25, -0.2) is 8.78 Å². The van der Waals surface area contributed by atoms with Crippen LogP contribution in [0.2, 0.25) is 0 Å². The fraction of sp³-hybridized carbons (Fsp3) is 0.333. The van der Waals surface area contributed by atoms with Crippen LogP contribution in [0.1, 0.15) is 23.4 Å². The van der Waals surface area contributed by atoms with E-state index in [0.717, 1.165) is 4.68 Å². The van der Waals surface area contributed by atoms with Crippen LogP contribution in [-0.2, 0) is 11.3 Å². The number of aromatic nitrogens is 2. The number of carbonyl (C=O) groups is 1. The van der Waals surface area contributed by atoms with E-state index in [1.165, 1.54) is 18.2 Å². The molecule has 0 radical (unpaired) electrons. The fourth-order valence-electron chi connectivity index (χ4n) is 2.12. The van der Waals surface area contributed by atoms with Crippen LogP contribution in [0.25, 0.3) is 0 Å². The Morgan fingerprint density at radius 3 is 2.52 bits per heavy atom. The van der Waals surface area contributed by atoms with Gasteiger partial charge in [0.1, 0.15) is 18.0 Å². The van der Waals surface area contributed by atoms with Gasteiger partial charge in [0.15, 0.2) is 0 Å². The number of carbonyl (C=O) groups excluding carboxylic acids is 1. The van der Waals surface area contributed by atoms with E-state index in [9.17, 15) is 22.4 Å². The third-order valence-corrected chi connectivity index (χ3v) is 4.34. The maximum Gasteiger partial charge on any atom is 0.387 e. The van der Waals surface area contributed by atoms with Crippen molar-refractivity contribution < 1.29 is 27.1 Å². The Labute approximate surface area is 149 Å². The van der Waals surface area contributed by atoms with E-state index in [-0.39, 0.29) is 16.8 Å². The predicted molar refractivity (Wildman–Crippen MR) is 86.1 cm³/mol. The van der Waals surface area contributed by atoms with Crippen LogP contribution in [0.15, 0.2) is 22.7 Å². The summed E-state index contributed by atoms with van der Waals surface area (Å²) in [5, 5.41) is 6.29. The van der Waals surface area contributed by atoms with Gasteiger partial charge in [0.05, 0.1) is 10.2 Å². The molecule has 0 spiro atoms. The summed E-state index contributed by atoms with van der Waals surface area (Å²) in [6.07, 6.45) is -2.76. The van der Waals surface area contributed by atoms with Crippen LogP contribution in [0.5, 0.6) is 5.75 Å². The highest BCUT2D eigenvalue weighted by atomic mass is 79.9. The number of nitrogens with one attached hydrogen (secondary N) is 1. The number of alkyl halides is 4. The van der Waals surface area contributed by atoms with Crippen LogP contribution >= 0.6 is 15.9 Å². The van der Waals surface area contributed by atoms with Gasteiger partial charge < -0.3 is 10.1 Å². The topological polar surface area (TPSA) is 56.1 Å². The summed E-state index contributed by atoms with van der Waals surface area (Å²) in [5.74, 6) is -0.525. The van der Waals surface area contributed by atoms with Crippen molar-refractivity contribution in [3.63, 3.8) is 0 Å². The predicted octanol–water partition coefficient (Wildman–Crippen LogP) is 4.44. The summed E-state index contributed by atoms with van der Waals surface area (Å²) in [6, 6.07) is 4.06. The lowest BCUT2D eigenvalue weighted by Crippen LogP contribution is -2.21. The van der Waals surface area contributed by atoms with Crippen LogP contribution in [0.4, 0.5) is 23.2 Å². The molecule has 0 saturated heterocycles. The molecule has 136 valence electrons. The molecule has 0 unspecified atom stereocenters. The van der Waals surface area contributed by atoms with Gasteiger partial charge in [-0.15, -0.1) is 0 Å². The van der Waals surface area contributed by atoms with Crippen LogP contribution in [0, 0.1) is 13.8 Å². The molecule has 0 saturated carbocycles. The zero-order valence-corrected chi connectivity index (χ0v) is 14.8. The molecule has 0 bridgehead atoms. The number of amides is 1. The quantitative estimate of drug-likeness (QED) is 0.698. The summed E-state index contributed by atoms with van der Waals surface area (Å²) in [4.78, 5) is 12.1. The lowest BCUT2D eigenvalue weighted by atomic mass is 10.2. The van der Waals surface area contributed by atoms with Crippen molar-refractivity contribution >= 4 is 27.5 Å². The van der Waals surface area contributed by atoms with Gasteiger partial charge in [0.2, 0.25) is 5.91 Å². The smallest absolute Gasteiger partial charge is 0.387 e. The van der Waals surface area contributed by atoms with Crippen molar-refractivity contribution in [3.05, 3.63) is 39.6 Å². The molecule has 1 aromatic heterocycles. The molecule has 1 aromatic carbocycles. The Hall–Kier alpha value is -2.10. The number of ether oxygens (including phenoxy) is 1. The monoisotopic (exact) mass is 423 g/mol. The van der Waals surface area contributed by atoms with Crippen molar-refractivity contribution in [3.8, 4) is 5.75 Å². The molecule has 25 heavy (non-hydrogen) atoms. The number of anilines is 1. The van der Waals surface area contributed by atoms with Crippen molar-refractivity contribution in [1.29, 1.82) is 0 Å². The molecule has 0 aliphatic carbocycles. The van der Waals surface area contributed by atoms with Gasteiger partial charge in [-0.1, -0.05) is 0 Å². The van der Waals surface area contributed by atoms with Crippen molar-refractivity contribution in [1.82, 2.24) is 9.78 Å². The molecule has 1 heterocycles. The number of halogens is 5. The zero-order chi connectivity index (χ0) is 18.7. The molecule has 0 aliphatic heterocycles. The van der Waals surface area contributed by atoms with Gasteiger partial charge in [-0.05, 0) is 53.5 Å². The molecule has 0 fully saturated rings. The van der Waals surface area contributed by atoms with E-state index in [1.54, 1.807) is 13.8 Å². The van der Waals surface area contributed by atoms with E-state index in [1.807, 2.05) is 0 Å². The van der Waals surface area contributed by atoms with Crippen LogP contribution in [-0.4, -0.2) is 22.3 Å². The third kappa shape index (κ3) is 4.71. The van der Waals surface area contributed by atoms with Crippen molar-refractivity contribution in [2.24, 2.45) is 0 Å². The molecular formula is C15H14BrF4N3O2. The molecule has 5 nitrogen and oxygen atoms in total.